The Labute approximate surface area is 353 Å². The summed E-state index contributed by atoms with van der Waals surface area (Å²) in [4.78, 5) is 12.6. The van der Waals surface area contributed by atoms with Gasteiger partial charge in [-0.15, -0.1) is 0 Å². The van der Waals surface area contributed by atoms with E-state index in [1.165, 1.54) is 160 Å². The van der Waals surface area contributed by atoms with Gasteiger partial charge < -0.3 is 15.5 Å². The number of hydrogen-bond acceptors (Lipinski definition) is 5. The van der Waals surface area contributed by atoms with Crippen LogP contribution in [0.1, 0.15) is 245 Å². The minimum Gasteiger partial charge on any atom is -0.387 e. The van der Waals surface area contributed by atoms with Crippen LogP contribution >= 0.6 is 0 Å². The van der Waals surface area contributed by atoms with E-state index in [2.05, 4.69) is 43.5 Å². The molecular formula is C49H93NO6S. The Kier molecular flexibility index (Phi) is 41.5. The zero-order valence-corrected chi connectivity index (χ0v) is 38.2. The van der Waals surface area contributed by atoms with Crippen molar-refractivity contribution in [2.45, 2.75) is 263 Å². The van der Waals surface area contributed by atoms with Crippen LogP contribution in [-0.4, -0.2) is 53.1 Å². The van der Waals surface area contributed by atoms with Gasteiger partial charge in [0.2, 0.25) is 5.91 Å². The van der Waals surface area contributed by atoms with Crippen molar-refractivity contribution in [1.29, 1.82) is 0 Å². The number of carbonyl (C=O) groups is 1. The maximum absolute atomic E-state index is 12.6. The standard InChI is InChI=1S/C49H93NO6S/c1-3-5-7-9-11-13-15-17-19-21-23-24-25-26-28-30-32-34-36-38-40-42-44-48(52)49(53)50-46(45-57(54,55)56)47(51)43-41-39-37-35-33-31-29-27-22-20-18-16-14-12-10-8-6-4-2/h23-24,26,28,41,43,46-48,51-52H,3-22,25,27,29-40,42,44-45H2,1-2H3,(H,50,53)(H,54,55,56)/b24-23-,28-26-,43-41+. The minimum absolute atomic E-state index is 0.269. The van der Waals surface area contributed by atoms with Crippen molar-refractivity contribution in [3.8, 4) is 0 Å². The number of aliphatic hydroxyl groups is 2. The highest BCUT2D eigenvalue weighted by molar-refractivity contribution is 7.85. The van der Waals surface area contributed by atoms with E-state index in [0.29, 0.717) is 6.42 Å². The molecule has 0 aliphatic rings. The summed E-state index contributed by atoms with van der Waals surface area (Å²) < 4.78 is 32.7. The van der Waals surface area contributed by atoms with Gasteiger partial charge in [0.05, 0.1) is 17.9 Å². The van der Waals surface area contributed by atoms with E-state index in [1.54, 1.807) is 0 Å². The number of aliphatic hydroxyl groups excluding tert-OH is 2. The van der Waals surface area contributed by atoms with Crippen molar-refractivity contribution in [1.82, 2.24) is 5.32 Å². The predicted molar refractivity (Wildman–Crippen MR) is 245 cm³/mol. The van der Waals surface area contributed by atoms with E-state index in [1.807, 2.05) is 6.08 Å². The molecule has 0 aromatic heterocycles. The number of rotatable bonds is 44. The fourth-order valence-corrected chi connectivity index (χ4v) is 8.16. The van der Waals surface area contributed by atoms with Gasteiger partial charge in [0.1, 0.15) is 6.10 Å². The van der Waals surface area contributed by atoms with Crippen molar-refractivity contribution in [2.75, 3.05) is 5.75 Å². The first-order valence-corrected chi connectivity index (χ1v) is 25.9. The third-order valence-corrected chi connectivity index (χ3v) is 11.9. The first-order valence-electron chi connectivity index (χ1n) is 24.3. The first kappa shape index (κ1) is 55.5. The molecule has 0 radical (unpaired) electrons. The SMILES string of the molecule is CCCCCCCCCCC/C=C\C/C=C\CCCCCCCCC(O)C(=O)NC(CS(=O)(=O)O)C(O)/C=C/CCCCCCCCCCCCCCCCCC. The number of unbranched alkanes of at least 4 members (excludes halogenated alkanes) is 31. The van der Waals surface area contributed by atoms with E-state index in [9.17, 15) is 28.0 Å². The fourth-order valence-electron chi connectivity index (χ4n) is 7.43. The zero-order chi connectivity index (χ0) is 41.9. The smallest absolute Gasteiger partial charge is 0.267 e. The van der Waals surface area contributed by atoms with Crippen molar-refractivity contribution >= 4 is 16.0 Å². The average Bonchev–Trinajstić information content (AvgIpc) is 3.18. The highest BCUT2D eigenvalue weighted by Crippen LogP contribution is 2.16. The van der Waals surface area contributed by atoms with Crippen LogP contribution in [0.15, 0.2) is 36.5 Å². The lowest BCUT2D eigenvalue weighted by Crippen LogP contribution is -2.50. The molecule has 0 saturated heterocycles. The molecule has 7 nitrogen and oxygen atoms in total. The summed E-state index contributed by atoms with van der Waals surface area (Å²) in [5, 5.41) is 23.5. The molecule has 3 atom stereocenters. The Balaban J connectivity index is 3.96. The van der Waals surface area contributed by atoms with Gasteiger partial charge in [-0.3, -0.25) is 9.35 Å². The van der Waals surface area contributed by atoms with Crippen LogP contribution in [0.4, 0.5) is 0 Å². The lowest BCUT2D eigenvalue weighted by atomic mass is 10.0. The number of carbonyl (C=O) groups excluding carboxylic acids is 1. The summed E-state index contributed by atoms with van der Waals surface area (Å²) in [7, 11) is -4.45. The molecule has 0 aromatic carbocycles. The average molecular weight is 824 g/mol. The van der Waals surface area contributed by atoms with Crippen LogP contribution in [0, 0.1) is 0 Å². The van der Waals surface area contributed by atoms with Gasteiger partial charge in [0, 0.05) is 0 Å². The van der Waals surface area contributed by atoms with Crippen LogP contribution in [0.5, 0.6) is 0 Å². The van der Waals surface area contributed by atoms with Crippen molar-refractivity contribution in [2.24, 2.45) is 0 Å². The molecule has 336 valence electrons. The topological polar surface area (TPSA) is 124 Å². The molecule has 1 amide bonds. The second-order valence-corrected chi connectivity index (χ2v) is 18.4. The molecule has 57 heavy (non-hydrogen) atoms. The largest absolute Gasteiger partial charge is 0.387 e. The second kappa shape index (κ2) is 42.6. The molecular weight excluding hydrogens is 731 g/mol. The van der Waals surface area contributed by atoms with E-state index in [4.69, 9.17) is 0 Å². The molecule has 0 heterocycles. The van der Waals surface area contributed by atoms with Gasteiger partial charge in [-0.05, 0) is 51.4 Å². The number of hydrogen-bond donors (Lipinski definition) is 4. The first-order chi connectivity index (χ1) is 27.7. The Morgan fingerprint density at radius 2 is 0.825 bits per heavy atom. The number of amides is 1. The van der Waals surface area contributed by atoms with E-state index in [-0.39, 0.29) is 6.42 Å². The van der Waals surface area contributed by atoms with Crippen molar-refractivity contribution < 1.29 is 28.0 Å². The third kappa shape index (κ3) is 42.5. The molecule has 0 aliphatic heterocycles. The molecule has 0 rings (SSSR count). The number of allylic oxidation sites excluding steroid dienone is 5. The lowest BCUT2D eigenvalue weighted by Gasteiger charge is -2.22. The van der Waals surface area contributed by atoms with Crippen molar-refractivity contribution in [3.63, 3.8) is 0 Å². The summed E-state index contributed by atoms with van der Waals surface area (Å²) in [5.74, 6) is -1.54. The molecule has 4 N–H and O–H groups in total. The van der Waals surface area contributed by atoms with Gasteiger partial charge in [-0.25, -0.2) is 0 Å². The molecule has 8 heteroatoms. The Hall–Kier alpha value is -1.48. The third-order valence-electron chi connectivity index (χ3n) is 11.2. The maximum atomic E-state index is 12.6. The van der Waals surface area contributed by atoms with Crippen LogP contribution in [0.3, 0.4) is 0 Å². The van der Waals surface area contributed by atoms with Crippen LogP contribution in [0.25, 0.3) is 0 Å². The van der Waals surface area contributed by atoms with Crippen LogP contribution in [0.2, 0.25) is 0 Å². The van der Waals surface area contributed by atoms with Gasteiger partial charge in [0.25, 0.3) is 10.1 Å². The molecule has 0 aliphatic carbocycles. The summed E-state index contributed by atoms with van der Waals surface area (Å²) in [6, 6.07) is -1.24. The van der Waals surface area contributed by atoms with Gasteiger partial charge >= 0.3 is 0 Å². The Morgan fingerprint density at radius 1 is 0.491 bits per heavy atom. The zero-order valence-electron chi connectivity index (χ0n) is 37.3. The molecule has 0 saturated carbocycles. The van der Waals surface area contributed by atoms with Crippen LogP contribution < -0.4 is 5.32 Å². The molecule has 0 spiro atoms. The molecule has 0 fully saturated rings. The molecule has 0 bridgehead atoms. The molecule has 3 unspecified atom stereocenters. The second-order valence-electron chi connectivity index (χ2n) is 16.9. The highest BCUT2D eigenvalue weighted by atomic mass is 32.2. The van der Waals surface area contributed by atoms with Crippen LogP contribution in [-0.2, 0) is 14.9 Å². The molecule has 0 aromatic rings. The highest BCUT2D eigenvalue weighted by Gasteiger charge is 2.27. The minimum atomic E-state index is -4.45. The normalized spacial score (nSPS) is 14.0. The van der Waals surface area contributed by atoms with E-state index >= 15 is 0 Å². The predicted octanol–water partition coefficient (Wildman–Crippen LogP) is 13.8. The van der Waals surface area contributed by atoms with Gasteiger partial charge in [0.15, 0.2) is 0 Å². The monoisotopic (exact) mass is 824 g/mol. The maximum Gasteiger partial charge on any atom is 0.267 e. The van der Waals surface area contributed by atoms with E-state index in [0.717, 1.165) is 64.2 Å². The quantitative estimate of drug-likeness (QED) is 0.0276. The number of nitrogens with one attached hydrogen (secondary N) is 1. The van der Waals surface area contributed by atoms with Crippen molar-refractivity contribution in [3.05, 3.63) is 36.5 Å². The summed E-state index contributed by atoms with van der Waals surface area (Å²) >= 11 is 0. The summed E-state index contributed by atoms with van der Waals surface area (Å²) in [5.41, 5.74) is 0. The fraction of sp³-hybridized carbons (Fsp3) is 0.857. The van der Waals surface area contributed by atoms with Gasteiger partial charge in [-0.1, -0.05) is 230 Å². The van der Waals surface area contributed by atoms with Gasteiger partial charge in [-0.2, -0.15) is 8.42 Å². The summed E-state index contributed by atoms with van der Waals surface area (Å²) in [6.07, 6.45) is 53.5. The van der Waals surface area contributed by atoms with E-state index < -0.39 is 40.0 Å². The lowest BCUT2D eigenvalue weighted by molar-refractivity contribution is -0.130. The summed E-state index contributed by atoms with van der Waals surface area (Å²) in [6.45, 7) is 4.53. The Bertz CT molecular complexity index is 1060. The Morgan fingerprint density at radius 3 is 1.19 bits per heavy atom.